The van der Waals surface area contributed by atoms with Gasteiger partial charge in [0.2, 0.25) is 0 Å². The summed E-state index contributed by atoms with van der Waals surface area (Å²) in [5.74, 6) is 0.484. The molecule has 0 spiro atoms. The predicted octanol–water partition coefficient (Wildman–Crippen LogP) is 6.11. The average Bonchev–Trinajstić information content (AvgIpc) is 3.50. The fraction of sp³-hybridized carbons (Fsp3) is 0.138. The van der Waals surface area contributed by atoms with Crippen molar-refractivity contribution < 1.29 is 9.18 Å². The Balaban J connectivity index is 1.19. The van der Waals surface area contributed by atoms with Gasteiger partial charge in [0.15, 0.2) is 10.8 Å². The van der Waals surface area contributed by atoms with Crippen molar-refractivity contribution in [1.82, 2.24) is 14.5 Å². The van der Waals surface area contributed by atoms with Gasteiger partial charge < -0.3 is 4.90 Å². The molecule has 0 saturated carbocycles. The summed E-state index contributed by atoms with van der Waals surface area (Å²) < 4.78 is 15.4. The molecule has 0 N–H and O–H groups in total. The lowest BCUT2D eigenvalue weighted by Gasteiger charge is -2.17. The standard InChI is InChI=1S/C29H23FN4OS/c30-24-13-9-20(10-14-24)18-34-27-25(5-3-16-31-27)32-29(34)36-19-21-7-11-23(12-8-21)28(35)33-17-15-22-4-1-2-6-26(22)33/h1-14,16H,15,17-19H2. The molecule has 0 aliphatic carbocycles. The fourth-order valence-electron chi connectivity index (χ4n) is 4.56. The van der Waals surface area contributed by atoms with Crippen molar-refractivity contribution in [2.75, 3.05) is 11.4 Å². The van der Waals surface area contributed by atoms with E-state index < -0.39 is 0 Å². The molecule has 178 valence electrons. The molecule has 0 saturated heterocycles. The Bertz CT molecular complexity index is 1550. The van der Waals surface area contributed by atoms with Crippen LogP contribution in [0.1, 0.15) is 27.0 Å². The number of rotatable bonds is 6. The van der Waals surface area contributed by atoms with Gasteiger partial charge in [0.1, 0.15) is 11.3 Å². The number of anilines is 1. The molecule has 3 heterocycles. The second-order valence-corrected chi connectivity index (χ2v) is 9.72. The summed E-state index contributed by atoms with van der Waals surface area (Å²) in [6, 6.07) is 26.2. The highest BCUT2D eigenvalue weighted by molar-refractivity contribution is 7.98. The third kappa shape index (κ3) is 4.38. The van der Waals surface area contributed by atoms with E-state index in [4.69, 9.17) is 4.98 Å². The van der Waals surface area contributed by atoms with E-state index >= 15 is 0 Å². The van der Waals surface area contributed by atoms with Crippen LogP contribution in [0.5, 0.6) is 0 Å². The largest absolute Gasteiger partial charge is 0.308 e. The van der Waals surface area contributed by atoms with Crippen LogP contribution in [0.3, 0.4) is 0 Å². The van der Waals surface area contributed by atoms with E-state index in [-0.39, 0.29) is 11.7 Å². The average molecular weight is 495 g/mol. The zero-order chi connectivity index (χ0) is 24.5. The topological polar surface area (TPSA) is 51.0 Å². The van der Waals surface area contributed by atoms with Crippen molar-refractivity contribution in [3.63, 3.8) is 0 Å². The number of amides is 1. The molecule has 7 heteroatoms. The molecule has 1 aliphatic heterocycles. The number of carbonyl (C=O) groups is 1. The summed E-state index contributed by atoms with van der Waals surface area (Å²) in [5.41, 5.74) is 6.63. The maximum absolute atomic E-state index is 13.4. The van der Waals surface area contributed by atoms with Crippen LogP contribution in [0.15, 0.2) is 96.3 Å². The number of thioether (sulfide) groups is 1. The van der Waals surface area contributed by atoms with Crippen LogP contribution < -0.4 is 4.90 Å². The molecule has 0 atom stereocenters. The van der Waals surface area contributed by atoms with Crippen molar-refractivity contribution in [3.05, 3.63) is 119 Å². The van der Waals surface area contributed by atoms with Crippen LogP contribution in [0.4, 0.5) is 10.1 Å². The van der Waals surface area contributed by atoms with Crippen LogP contribution in [0, 0.1) is 5.82 Å². The Morgan fingerprint density at radius 3 is 2.53 bits per heavy atom. The third-order valence-electron chi connectivity index (χ3n) is 6.42. The summed E-state index contributed by atoms with van der Waals surface area (Å²) in [6.07, 6.45) is 2.65. The number of carbonyl (C=O) groups excluding carboxylic acids is 1. The lowest BCUT2D eigenvalue weighted by molar-refractivity contribution is 0.0989. The maximum atomic E-state index is 13.4. The second-order valence-electron chi connectivity index (χ2n) is 8.77. The van der Waals surface area contributed by atoms with Gasteiger partial charge in [0.25, 0.3) is 5.91 Å². The number of pyridine rings is 1. The molecule has 1 aliphatic rings. The molecule has 0 bridgehead atoms. The van der Waals surface area contributed by atoms with E-state index in [0.717, 1.165) is 39.6 Å². The molecule has 0 fully saturated rings. The number of hydrogen-bond acceptors (Lipinski definition) is 4. The number of nitrogens with zero attached hydrogens (tertiary/aromatic N) is 4. The smallest absolute Gasteiger partial charge is 0.258 e. The molecule has 36 heavy (non-hydrogen) atoms. The molecular weight excluding hydrogens is 471 g/mol. The molecule has 6 rings (SSSR count). The van der Waals surface area contributed by atoms with Crippen molar-refractivity contribution in [2.24, 2.45) is 0 Å². The van der Waals surface area contributed by atoms with Gasteiger partial charge >= 0.3 is 0 Å². The molecule has 5 aromatic rings. The van der Waals surface area contributed by atoms with E-state index in [1.165, 1.54) is 17.7 Å². The Labute approximate surface area is 212 Å². The van der Waals surface area contributed by atoms with Crippen LogP contribution in [-0.4, -0.2) is 27.0 Å². The number of para-hydroxylation sites is 1. The number of benzene rings is 3. The van der Waals surface area contributed by atoms with Gasteiger partial charge in [-0.25, -0.2) is 14.4 Å². The van der Waals surface area contributed by atoms with Gasteiger partial charge in [-0.3, -0.25) is 9.36 Å². The van der Waals surface area contributed by atoms with Gasteiger partial charge in [-0.2, -0.15) is 0 Å². The minimum absolute atomic E-state index is 0.0336. The quantitative estimate of drug-likeness (QED) is 0.267. The maximum Gasteiger partial charge on any atom is 0.258 e. The monoisotopic (exact) mass is 494 g/mol. The number of imidazole rings is 1. The highest BCUT2D eigenvalue weighted by Gasteiger charge is 2.25. The fourth-order valence-corrected chi connectivity index (χ4v) is 5.52. The SMILES string of the molecule is O=C(c1ccc(CSc2nc3cccnc3n2Cc2ccc(F)cc2)cc1)N1CCc2ccccc21. The highest BCUT2D eigenvalue weighted by Crippen LogP contribution is 2.30. The van der Waals surface area contributed by atoms with Crippen molar-refractivity contribution in [2.45, 2.75) is 23.9 Å². The number of fused-ring (bicyclic) bond motifs is 2. The lowest BCUT2D eigenvalue weighted by atomic mass is 10.1. The van der Waals surface area contributed by atoms with E-state index in [2.05, 4.69) is 15.6 Å². The molecule has 0 unspecified atom stereocenters. The zero-order valence-corrected chi connectivity index (χ0v) is 20.3. The number of halogens is 1. The van der Waals surface area contributed by atoms with Gasteiger partial charge in [0.05, 0.1) is 6.54 Å². The molecule has 5 nitrogen and oxygen atoms in total. The molecule has 1 amide bonds. The summed E-state index contributed by atoms with van der Waals surface area (Å²) in [4.78, 5) is 24.3. The minimum atomic E-state index is -0.252. The first kappa shape index (κ1) is 22.5. The van der Waals surface area contributed by atoms with E-state index in [9.17, 15) is 9.18 Å². The van der Waals surface area contributed by atoms with Crippen LogP contribution >= 0.6 is 11.8 Å². The first-order valence-corrected chi connectivity index (χ1v) is 12.8. The lowest BCUT2D eigenvalue weighted by Crippen LogP contribution is -2.28. The summed E-state index contributed by atoms with van der Waals surface area (Å²) in [7, 11) is 0. The summed E-state index contributed by atoms with van der Waals surface area (Å²) in [6.45, 7) is 1.27. The van der Waals surface area contributed by atoms with Crippen molar-refractivity contribution >= 4 is 34.5 Å². The molecule has 2 aromatic heterocycles. The van der Waals surface area contributed by atoms with Gasteiger partial charge in [-0.1, -0.05) is 54.2 Å². The number of aromatic nitrogens is 3. The highest BCUT2D eigenvalue weighted by atomic mass is 32.2. The first-order valence-electron chi connectivity index (χ1n) is 11.8. The van der Waals surface area contributed by atoms with Gasteiger partial charge in [0, 0.05) is 29.7 Å². The predicted molar refractivity (Wildman–Crippen MR) is 141 cm³/mol. The molecular formula is C29H23FN4OS. The minimum Gasteiger partial charge on any atom is -0.308 e. The first-order chi connectivity index (χ1) is 17.7. The van der Waals surface area contributed by atoms with Crippen molar-refractivity contribution in [3.8, 4) is 0 Å². The van der Waals surface area contributed by atoms with Gasteiger partial charge in [-0.15, -0.1) is 0 Å². The van der Waals surface area contributed by atoms with Crippen LogP contribution in [0.25, 0.3) is 11.2 Å². The van der Waals surface area contributed by atoms with E-state index in [1.54, 1.807) is 30.1 Å². The van der Waals surface area contributed by atoms with E-state index in [0.29, 0.717) is 24.4 Å². The Morgan fingerprint density at radius 1 is 0.917 bits per heavy atom. The normalized spacial score (nSPS) is 12.8. The summed E-state index contributed by atoms with van der Waals surface area (Å²) in [5, 5.41) is 0.849. The molecule has 3 aromatic carbocycles. The third-order valence-corrected chi connectivity index (χ3v) is 7.47. The summed E-state index contributed by atoms with van der Waals surface area (Å²) >= 11 is 1.62. The second kappa shape index (κ2) is 9.59. The Kier molecular flexibility index (Phi) is 5.99. The molecule has 0 radical (unpaired) electrons. The van der Waals surface area contributed by atoms with Gasteiger partial charge in [-0.05, 0) is 65.6 Å². The number of hydrogen-bond donors (Lipinski definition) is 0. The van der Waals surface area contributed by atoms with Crippen molar-refractivity contribution in [1.29, 1.82) is 0 Å². The Hall–Kier alpha value is -3.97. The van der Waals surface area contributed by atoms with Crippen LogP contribution in [-0.2, 0) is 18.7 Å². The van der Waals surface area contributed by atoms with Crippen LogP contribution in [0.2, 0.25) is 0 Å². The van der Waals surface area contributed by atoms with E-state index in [1.807, 2.05) is 59.5 Å². The Morgan fingerprint density at radius 2 is 1.69 bits per heavy atom. The zero-order valence-electron chi connectivity index (χ0n) is 19.5.